The Kier molecular flexibility index (Phi) is 4.03. The molecule has 13 heavy (non-hydrogen) atoms. The molecule has 1 aromatic heterocycles. The molecule has 0 amide bonds. The second kappa shape index (κ2) is 5.07. The van der Waals surface area contributed by atoms with Crippen LogP contribution in [0.5, 0.6) is 0 Å². The lowest BCUT2D eigenvalue weighted by Gasteiger charge is -2.15. The molecule has 1 heterocycles. The highest BCUT2D eigenvalue weighted by molar-refractivity contribution is 5.10. The minimum absolute atomic E-state index is 0.396. The molecule has 74 valence electrons. The molecule has 2 nitrogen and oxygen atoms in total. The fourth-order valence-corrected chi connectivity index (χ4v) is 1.16. The Hall–Kier alpha value is -0.760. The van der Waals surface area contributed by atoms with Gasteiger partial charge in [-0.1, -0.05) is 20.3 Å². The van der Waals surface area contributed by atoms with Crippen LogP contribution >= 0.6 is 0 Å². The van der Waals surface area contributed by atoms with Gasteiger partial charge in [-0.15, -0.1) is 0 Å². The van der Waals surface area contributed by atoms with Crippen LogP contribution in [0, 0.1) is 5.92 Å². The topological polar surface area (TPSA) is 25.2 Å². The van der Waals surface area contributed by atoms with E-state index in [0.717, 1.165) is 12.5 Å². The highest BCUT2D eigenvalue weighted by atomic mass is 16.3. The van der Waals surface area contributed by atoms with Crippen LogP contribution in [0.25, 0.3) is 0 Å². The zero-order valence-electron chi connectivity index (χ0n) is 8.71. The van der Waals surface area contributed by atoms with Crippen molar-refractivity contribution in [2.75, 3.05) is 6.54 Å². The SMILES string of the molecule is CCC(C)CNC(C)c1ccoc1. The van der Waals surface area contributed by atoms with E-state index in [4.69, 9.17) is 4.42 Å². The quantitative estimate of drug-likeness (QED) is 0.755. The van der Waals surface area contributed by atoms with Gasteiger partial charge in [0.1, 0.15) is 0 Å². The predicted molar refractivity (Wildman–Crippen MR) is 54.6 cm³/mol. The third-order valence-electron chi connectivity index (χ3n) is 2.51. The summed E-state index contributed by atoms with van der Waals surface area (Å²) >= 11 is 0. The third-order valence-corrected chi connectivity index (χ3v) is 2.51. The lowest BCUT2D eigenvalue weighted by molar-refractivity contribution is 0.457. The second-order valence-electron chi connectivity index (χ2n) is 3.70. The van der Waals surface area contributed by atoms with E-state index >= 15 is 0 Å². The summed E-state index contributed by atoms with van der Waals surface area (Å²) in [6.45, 7) is 7.71. The van der Waals surface area contributed by atoms with Gasteiger partial charge < -0.3 is 9.73 Å². The molecular weight excluding hydrogens is 162 g/mol. The highest BCUT2D eigenvalue weighted by Crippen LogP contribution is 2.12. The molecule has 0 fully saturated rings. The Balaban J connectivity index is 2.30. The van der Waals surface area contributed by atoms with E-state index in [-0.39, 0.29) is 0 Å². The van der Waals surface area contributed by atoms with Crippen molar-refractivity contribution in [3.05, 3.63) is 24.2 Å². The monoisotopic (exact) mass is 181 g/mol. The number of furan rings is 1. The average Bonchev–Trinajstić information content (AvgIpc) is 2.66. The van der Waals surface area contributed by atoms with E-state index in [0.29, 0.717) is 6.04 Å². The summed E-state index contributed by atoms with van der Waals surface area (Å²) < 4.78 is 5.03. The Morgan fingerprint density at radius 3 is 2.77 bits per heavy atom. The maximum Gasteiger partial charge on any atom is 0.0950 e. The van der Waals surface area contributed by atoms with Gasteiger partial charge >= 0.3 is 0 Å². The molecule has 0 radical (unpaired) electrons. The van der Waals surface area contributed by atoms with Crippen LogP contribution in [-0.4, -0.2) is 6.54 Å². The van der Waals surface area contributed by atoms with Gasteiger partial charge in [0.2, 0.25) is 0 Å². The van der Waals surface area contributed by atoms with Gasteiger partial charge in [0.15, 0.2) is 0 Å². The average molecular weight is 181 g/mol. The van der Waals surface area contributed by atoms with Gasteiger partial charge in [-0.2, -0.15) is 0 Å². The van der Waals surface area contributed by atoms with Crippen LogP contribution in [0.4, 0.5) is 0 Å². The maximum atomic E-state index is 5.03. The Morgan fingerprint density at radius 1 is 1.46 bits per heavy atom. The van der Waals surface area contributed by atoms with Gasteiger partial charge in [0, 0.05) is 11.6 Å². The minimum atomic E-state index is 0.396. The second-order valence-corrected chi connectivity index (χ2v) is 3.70. The van der Waals surface area contributed by atoms with Crippen molar-refractivity contribution in [1.29, 1.82) is 0 Å². The van der Waals surface area contributed by atoms with Crippen molar-refractivity contribution in [2.45, 2.75) is 33.2 Å². The van der Waals surface area contributed by atoms with Gasteiger partial charge in [-0.05, 0) is 25.5 Å². The van der Waals surface area contributed by atoms with E-state index in [9.17, 15) is 0 Å². The molecule has 1 N–H and O–H groups in total. The van der Waals surface area contributed by atoms with Gasteiger partial charge in [-0.25, -0.2) is 0 Å². The molecule has 2 heteroatoms. The lowest BCUT2D eigenvalue weighted by Crippen LogP contribution is -2.23. The number of hydrogen-bond donors (Lipinski definition) is 1. The van der Waals surface area contributed by atoms with Crippen LogP contribution in [0.2, 0.25) is 0 Å². The molecule has 0 bridgehead atoms. The smallest absolute Gasteiger partial charge is 0.0950 e. The van der Waals surface area contributed by atoms with Crippen LogP contribution < -0.4 is 5.32 Å². The van der Waals surface area contributed by atoms with E-state index in [1.165, 1.54) is 12.0 Å². The molecule has 0 saturated carbocycles. The van der Waals surface area contributed by atoms with Gasteiger partial charge in [0.25, 0.3) is 0 Å². The maximum absolute atomic E-state index is 5.03. The Bertz CT molecular complexity index is 218. The summed E-state index contributed by atoms with van der Waals surface area (Å²) in [5.74, 6) is 0.745. The first-order valence-corrected chi connectivity index (χ1v) is 4.99. The number of rotatable bonds is 5. The molecule has 0 spiro atoms. The molecule has 1 aromatic rings. The third kappa shape index (κ3) is 3.23. The summed E-state index contributed by atoms with van der Waals surface area (Å²) in [6.07, 6.45) is 4.75. The zero-order valence-corrected chi connectivity index (χ0v) is 8.71. The highest BCUT2D eigenvalue weighted by Gasteiger charge is 2.06. The molecule has 2 atom stereocenters. The van der Waals surface area contributed by atoms with Crippen molar-refractivity contribution in [1.82, 2.24) is 5.32 Å². The first kappa shape index (κ1) is 10.3. The lowest BCUT2D eigenvalue weighted by atomic mass is 10.1. The van der Waals surface area contributed by atoms with Crippen molar-refractivity contribution < 1.29 is 4.42 Å². The van der Waals surface area contributed by atoms with Crippen molar-refractivity contribution in [2.24, 2.45) is 5.92 Å². The van der Waals surface area contributed by atoms with Crippen LogP contribution in [0.1, 0.15) is 38.8 Å². The molecule has 0 aliphatic rings. The minimum Gasteiger partial charge on any atom is -0.472 e. The van der Waals surface area contributed by atoms with E-state index < -0.39 is 0 Å². The predicted octanol–water partition coefficient (Wildman–Crippen LogP) is 2.98. The molecule has 0 aliphatic carbocycles. The Morgan fingerprint density at radius 2 is 2.23 bits per heavy atom. The van der Waals surface area contributed by atoms with Crippen LogP contribution in [0.3, 0.4) is 0 Å². The first-order chi connectivity index (χ1) is 6.24. The first-order valence-electron chi connectivity index (χ1n) is 4.99. The van der Waals surface area contributed by atoms with E-state index in [2.05, 4.69) is 26.1 Å². The zero-order chi connectivity index (χ0) is 9.68. The van der Waals surface area contributed by atoms with Crippen LogP contribution in [-0.2, 0) is 0 Å². The summed E-state index contributed by atoms with van der Waals surface area (Å²) in [6, 6.07) is 2.40. The van der Waals surface area contributed by atoms with Gasteiger partial charge in [0.05, 0.1) is 12.5 Å². The number of hydrogen-bond acceptors (Lipinski definition) is 2. The van der Waals surface area contributed by atoms with Crippen molar-refractivity contribution in [3.63, 3.8) is 0 Å². The largest absolute Gasteiger partial charge is 0.472 e. The normalized spacial score (nSPS) is 15.6. The van der Waals surface area contributed by atoms with Crippen molar-refractivity contribution >= 4 is 0 Å². The summed E-state index contributed by atoms with van der Waals surface area (Å²) in [5.41, 5.74) is 1.23. The summed E-state index contributed by atoms with van der Waals surface area (Å²) in [5, 5.41) is 3.48. The standard InChI is InChI=1S/C11H19NO/c1-4-9(2)7-12-10(3)11-5-6-13-8-11/h5-6,8-10,12H,4,7H2,1-3H3. The fourth-order valence-electron chi connectivity index (χ4n) is 1.16. The molecule has 2 unspecified atom stereocenters. The fraction of sp³-hybridized carbons (Fsp3) is 0.636. The van der Waals surface area contributed by atoms with E-state index in [1.807, 2.05) is 6.07 Å². The van der Waals surface area contributed by atoms with E-state index in [1.54, 1.807) is 12.5 Å². The van der Waals surface area contributed by atoms with Crippen molar-refractivity contribution in [3.8, 4) is 0 Å². The molecule has 1 rings (SSSR count). The van der Waals surface area contributed by atoms with Gasteiger partial charge in [-0.3, -0.25) is 0 Å². The molecule has 0 saturated heterocycles. The Labute approximate surface area is 80.3 Å². The summed E-state index contributed by atoms with van der Waals surface area (Å²) in [4.78, 5) is 0. The number of nitrogens with one attached hydrogen (secondary N) is 1. The summed E-state index contributed by atoms with van der Waals surface area (Å²) in [7, 11) is 0. The molecule has 0 aliphatic heterocycles. The molecule has 0 aromatic carbocycles. The molecular formula is C11H19NO. The van der Waals surface area contributed by atoms with Crippen LogP contribution in [0.15, 0.2) is 23.0 Å².